The van der Waals surface area contributed by atoms with Crippen LogP contribution in [0.15, 0.2) is 24.3 Å². The van der Waals surface area contributed by atoms with E-state index in [9.17, 15) is 14.0 Å². The zero-order valence-corrected chi connectivity index (χ0v) is 13.4. The van der Waals surface area contributed by atoms with E-state index in [4.69, 9.17) is 0 Å². The first-order chi connectivity index (χ1) is 11.2. The minimum atomic E-state index is -0.540. The van der Waals surface area contributed by atoms with Crippen molar-refractivity contribution in [3.05, 3.63) is 35.6 Å². The van der Waals surface area contributed by atoms with Crippen molar-refractivity contribution in [2.75, 3.05) is 13.1 Å². The van der Waals surface area contributed by atoms with Crippen molar-refractivity contribution in [3.63, 3.8) is 0 Å². The molecule has 0 saturated heterocycles. The number of halogens is 1. The second kappa shape index (κ2) is 9.28. The van der Waals surface area contributed by atoms with Gasteiger partial charge in [-0.1, -0.05) is 44.2 Å². The van der Waals surface area contributed by atoms with Crippen molar-refractivity contribution in [3.8, 4) is 0 Å². The summed E-state index contributed by atoms with van der Waals surface area (Å²) in [6, 6.07) is 5.85. The summed E-state index contributed by atoms with van der Waals surface area (Å²) in [6.45, 7) is 0.659. The summed E-state index contributed by atoms with van der Waals surface area (Å²) in [5, 5.41) is 5.40. The molecule has 0 aliphatic heterocycles. The Morgan fingerprint density at radius 3 is 2.48 bits per heavy atom. The Bertz CT molecular complexity index is 528. The molecule has 4 nitrogen and oxygen atoms in total. The van der Waals surface area contributed by atoms with Gasteiger partial charge in [0, 0.05) is 19.5 Å². The van der Waals surface area contributed by atoms with Gasteiger partial charge in [-0.05, 0) is 24.5 Å². The van der Waals surface area contributed by atoms with Gasteiger partial charge in [0.1, 0.15) is 5.82 Å². The fourth-order valence-corrected chi connectivity index (χ4v) is 3.02. The molecule has 0 spiro atoms. The highest BCUT2D eigenvalue weighted by molar-refractivity contribution is 5.94. The Morgan fingerprint density at radius 2 is 1.74 bits per heavy atom. The number of benzene rings is 1. The maximum Gasteiger partial charge on any atom is 0.254 e. The molecule has 1 fully saturated rings. The number of nitrogens with one attached hydrogen (secondary N) is 2. The van der Waals surface area contributed by atoms with Gasteiger partial charge >= 0.3 is 0 Å². The SMILES string of the molecule is O=C(CCC1CCCCC1)NCCNC(=O)c1ccccc1F. The molecule has 0 bridgehead atoms. The van der Waals surface area contributed by atoms with E-state index in [0.717, 1.165) is 6.42 Å². The van der Waals surface area contributed by atoms with Gasteiger partial charge in [0.05, 0.1) is 5.56 Å². The third-order valence-electron chi connectivity index (χ3n) is 4.36. The predicted molar refractivity (Wildman–Crippen MR) is 87.6 cm³/mol. The number of hydrogen-bond donors (Lipinski definition) is 2. The third kappa shape index (κ3) is 6.00. The maximum atomic E-state index is 13.4. The summed E-state index contributed by atoms with van der Waals surface area (Å²) in [5.41, 5.74) is 0.0242. The van der Waals surface area contributed by atoms with Crippen LogP contribution in [0.2, 0.25) is 0 Å². The van der Waals surface area contributed by atoms with Crippen LogP contribution in [0.5, 0.6) is 0 Å². The fourth-order valence-electron chi connectivity index (χ4n) is 3.02. The highest BCUT2D eigenvalue weighted by atomic mass is 19.1. The van der Waals surface area contributed by atoms with Crippen molar-refractivity contribution < 1.29 is 14.0 Å². The summed E-state index contributed by atoms with van der Waals surface area (Å²) in [7, 11) is 0. The van der Waals surface area contributed by atoms with Gasteiger partial charge in [-0.3, -0.25) is 9.59 Å². The Labute approximate surface area is 136 Å². The smallest absolute Gasteiger partial charge is 0.254 e. The van der Waals surface area contributed by atoms with Crippen LogP contribution >= 0.6 is 0 Å². The van der Waals surface area contributed by atoms with Gasteiger partial charge in [0.25, 0.3) is 5.91 Å². The normalized spacial score (nSPS) is 15.2. The summed E-state index contributed by atoms with van der Waals surface area (Å²) in [5.74, 6) is -0.285. The molecule has 5 heteroatoms. The molecule has 0 aromatic heterocycles. The Morgan fingerprint density at radius 1 is 1.04 bits per heavy atom. The van der Waals surface area contributed by atoms with E-state index in [1.807, 2.05) is 0 Å². The minimum absolute atomic E-state index is 0.0238. The van der Waals surface area contributed by atoms with E-state index in [1.54, 1.807) is 12.1 Å². The molecule has 126 valence electrons. The van der Waals surface area contributed by atoms with Crippen LogP contribution in [-0.2, 0) is 4.79 Å². The summed E-state index contributed by atoms with van der Waals surface area (Å²) in [6.07, 6.45) is 7.88. The van der Waals surface area contributed by atoms with E-state index >= 15 is 0 Å². The molecule has 2 rings (SSSR count). The lowest BCUT2D eigenvalue weighted by Crippen LogP contribution is -2.35. The monoisotopic (exact) mass is 320 g/mol. The molecule has 2 N–H and O–H groups in total. The zero-order chi connectivity index (χ0) is 16.5. The molecule has 1 aliphatic carbocycles. The molecule has 0 radical (unpaired) electrons. The highest BCUT2D eigenvalue weighted by Crippen LogP contribution is 2.27. The average molecular weight is 320 g/mol. The molecule has 1 aromatic rings. The number of hydrogen-bond acceptors (Lipinski definition) is 2. The largest absolute Gasteiger partial charge is 0.354 e. The molecule has 0 heterocycles. The molecule has 1 saturated carbocycles. The Hall–Kier alpha value is -1.91. The Balaban J connectivity index is 1.58. The van der Waals surface area contributed by atoms with Gasteiger partial charge in [-0.2, -0.15) is 0 Å². The summed E-state index contributed by atoms with van der Waals surface area (Å²) >= 11 is 0. The van der Waals surface area contributed by atoms with Crippen LogP contribution in [0.1, 0.15) is 55.3 Å². The van der Waals surface area contributed by atoms with Crippen LogP contribution in [0.25, 0.3) is 0 Å². The number of carbonyl (C=O) groups is 2. The van der Waals surface area contributed by atoms with Crippen LogP contribution in [0, 0.1) is 11.7 Å². The highest BCUT2D eigenvalue weighted by Gasteiger charge is 2.14. The lowest BCUT2D eigenvalue weighted by atomic mass is 9.86. The van der Waals surface area contributed by atoms with Crippen molar-refractivity contribution in [1.82, 2.24) is 10.6 Å². The number of rotatable bonds is 7. The minimum Gasteiger partial charge on any atom is -0.354 e. The first-order valence-corrected chi connectivity index (χ1v) is 8.46. The molecule has 0 atom stereocenters. The van der Waals surface area contributed by atoms with E-state index in [-0.39, 0.29) is 11.5 Å². The molecule has 1 aromatic carbocycles. The first kappa shape index (κ1) is 17.4. The lowest BCUT2D eigenvalue weighted by molar-refractivity contribution is -0.121. The molecule has 0 unspecified atom stereocenters. The lowest BCUT2D eigenvalue weighted by Gasteiger charge is -2.20. The van der Waals surface area contributed by atoms with Gasteiger partial charge in [0.15, 0.2) is 0 Å². The van der Waals surface area contributed by atoms with E-state index in [2.05, 4.69) is 10.6 Å². The second-order valence-electron chi connectivity index (χ2n) is 6.13. The van der Waals surface area contributed by atoms with Gasteiger partial charge in [-0.15, -0.1) is 0 Å². The third-order valence-corrected chi connectivity index (χ3v) is 4.36. The van der Waals surface area contributed by atoms with E-state index < -0.39 is 11.7 Å². The van der Waals surface area contributed by atoms with Crippen molar-refractivity contribution in [2.45, 2.75) is 44.9 Å². The van der Waals surface area contributed by atoms with Crippen molar-refractivity contribution >= 4 is 11.8 Å². The van der Waals surface area contributed by atoms with Crippen LogP contribution in [0.3, 0.4) is 0 Å². The summed E-state index contributed by atoms with van der Waals surface area (Å²) < 4.78 is 13.4. The number of amides is 2. The molecular formula is C18H25FN2O2. The molecule has 1 aliphatic rings. The van der Waals surface area contributed by atoms with Gasteiger partial charge < -0.3 is 10.6 Å². The van der Waals surface area contributed by atoms with Crippen molar-refractivity contribution in [1.29, 1.82) is 0 Å². The fraction of sp³-hybridized carbons (Fsp3) is 0.556. The van der Waals surface area contributed by atoms with E-state index in [1.165, 1.54) is 44.2 Å². The van der Waals surface area contributed by atoms with Crippen LogP contribution < -0.4 is 10.6 Å². The quantitative estimate of drug-likeness (QED) is 0.759. The molecule has 2 amide bonds. The topological polar surface area (TPSA) is 58.2 Å². The van der Waals surface area contributed by atoms with E-state index in [0.29, 0.717) is 25.4 Å². The predicted octanol–water partition coefficient (Wildman–Crippen LogP) is 3.03. The van der Waals surface area contributed by atoms with Gasteiger partial charge in [0.2, 0.25) is 5.91 Å². The zero-order valence-electron chi connectivity index (χ0n) is 13.4. The standard InChI is InChI=1S/C18H25FN2O2/c19-16-9-5-4-8-15(16)18(23)21-13-12-20-17(22)11-10-14-6-2-1-3-7-14/h4-5,8-9,14H,1-3,6-7,10-13H2,(H,20,22)(H,21,23). The first-order valence-electron chi connectivity index (χ1n) is 8.46. The van der Waals surface area contributed by atoms with Crippen molar-refractivity contribution in [2.24, 2.45) is 5.92 Å². The van der Waals surface area contributed by atoms with Gasteiger partial charge in [-0.25, -0.2) is 4.39 Å². The summed E-state index contributed by atoms with van der Waals surface area (Å²) in [4.78, 5) is 23.5. The number of carbonyl (C=O) groups excluding carboxylic acids is 2. The molecule has 23 heavy (non-hydrogen) atoms. The second-order valence-corrected chi connectivity index (χ2v) is 6.13. The average Bonchev–Trinajstić information content (AvgIpc) is 2.58. The van der Waals surface area contributed by atoms with Crippen LogP contribution in [0.4, 0.5) is 4.39 Å². The maximum absolute atomic E-state index is 13.4. The Kier molecular flexibility index (Phi) is 7.04. The van der Waals surface area contributed by atoms with Crippen LogP contribution in [-0.4, -0.2) is 24.9 Å². The molecular weight excluding hydrogens is 295 g/mol.